The van der Waals surface area contributed by atoms with Crippen LogP contribution in [0.5, 0.6) is 0 Å². The van der Waals surface area contributed by atoms with Crippen molar-refractivity contribution in [1.29, 1.82) is 0 Å². The smallest absolute Gasteiger partial charge is 0.0708 e. The quantitative estimate of drug-likeness (QED) is 0.550. The van der Waals surface area contributed by atoms with Crippen LogP contribution in [-0.2, 0) is 21.1 Å². The molecule has 0 aliphatic heterocycles. The second kappa shape index (κ2) is 4.12. The summed E-state index contributed by atoms with van der Waals surface area (Å²) in [6.45, 7) is 0. The van der Waals surface area contributed by atoms with Crippen LogP contribution in [0, 0.1) is 0 Å². The van der Waals surface area contributed by atoms with Gasteiger partial charge in [0.2, 0.25) is 0 Å². The van der Waals surface area contributed by atoms with Crippen LogP contribution in [0.2, 0.25) is 0 Å². The van der Waals surface area contributed by atoms with Crippen molar-refractivity contribution in [2.75, 3.05) is 0 Å². The van der Waals surface area contributed by atoms with Crippen LogP contribution < -0.4 is 0 Å². The maximum Gasteiger partial charge on any atom is 0.0708 e. The molecule has 0 radical (unpaired) electrons. The Labute approximate surface area is 102 Å². The minimum absolute atomic E-state index is 0. The van der Waals surface area contributed by atoms with Crippen LogP contribution in [-0.4, -0.2) is 4.98 Å². The normalized spacial score (nSPS) is 10.1. The summed E-state index contributed by atoms with van der Waals surface area (Å²) in [5.74, 6) is 0. The van der Waals surface area contributed by atoms with Gasteiger partial charge in [0, 0.05) is 38.0 Å². The fourth-order valence-electron chi connectivity index (χ4n) is 1.81. The Hall–Kier alpha value is -1.20. The minimum Gasteiger partial charge on any atom is -0.256 e. The van der Waals surface area contributed by atoms with Gasteiger partial charge in [-0.15, -0.1) is 0 Å². The van der Waals surface area contributed by atoms with Gasteiger partial charge in [-0.3, -0.25) is 4.98 Å². The van der Waals surface area contributed by atoms with Gasteiger partial charge in [-0.05, 0) is 11.5 Å². The molecule has 3 aromatic rings. The fraction of sp³-hybridized carbons (Fsp3) is 0. The number of pyridine rings is 1. The van der Waals surface area contributed by atoms with E-state index in [-0.39, 0.29) is 21.1 Å². The average Bonchev–Trinajstić information content (AvgIpc) is 2.29. The number of fused-ring (bicyclic) bond motifs is 3. The molecule has 3 rings (SSSR count). The van der Waals surface area contributed by atoms with E-state index >= 15 is 0 Å². The third-order valence-electron chi connectivity index (χ3n) is 2.50. The molecule has 2 heteroatoms. The van der Waals surface area contributed by atoms with E-state index in [9.17, 15) is 0 Å². The predicted molar refractivity (Wildman–Crippen MR) is 59.2 cm³/mol. The van der Waals surface area contributed by atoms with Crippen molar-refractivity contribution >= 4 is 21.7 Å². The molecular weight excluding hydrogens is 365 g/mol. The topological polar surface area (TPSA) is 12.9 Å². The van der Waals surface area contributed by atoms with Crippen LogP contribution in [0.1, 0.15) is 0 Å². The van der Waals surface area contributed by atoms with Gasteiger partial charge in [0.25, 0.3) is 0 Å². The van der Waals surface area contributed by atoms with Gasteiger partial charge in [-0.2, -0.15) is 0 Å². The van der Waals surface area contributed by atoms with Crippen molar-refractivity contribution in [3.8, 4) is 0 Å². The monoisotopic (exact) mass is 374 g/mol. The summed E-state index contributed by atoms with van der Waals surface area (Å²) in [6, 6.07) is 16.6. The summed E-state index contributed by atoms with van der Waals surface area (Å²) in [7, 11) is 0. The molecule has 15 heavy (non-hydrogen) atoms. The molecule has 0 N–H and O–H groups in total. The Bertz CT molecular complexity index is 550. The number of rotatable bonds is 0. The summed E-state index contributed by atoms with van der Waals surface area (Å²) in [5.41, 5.74) is 1.06. The Morgan fingerprint density at radius 3 is 2.27 bits per heavy atom. The molecule has 0 unspecified atom stereocenters. The van der Waals surface area contributed by atoms with Gasteiger partial charge < -0.3 is 0 Å². The van der Waals surface area contributed by atoms with E-state index in [0.717, 1.165) is 5.52 Å². The van der Waals surface area contributed by atoms with Crippen molar-refractivity contribution < 1.29 is 21.1 Å². The summed E-state index contributed by atoms with van der Waals surface area (Å²) < 4.78 is 0. The van der Waals surface area contributed by atoms with E-state index in [2.05, 4.69) is 35.3 Å². The molecule has 0 bridgehead atoms. The Morgan fingerprint density at radius 1 is 0.733 bits per heavy atom. The molecule has 0 saturated heterocycles. The Balaban J connectivity index is 0.000000853. The second-order valence-electron chi connectivity index (χ2n) is 3.36. The molecule has 2 aromatic carbocycles. The van der Waals surface area contributed by atoms with E-state index < -0.39 is 0 Å². The summed E-state index contributed by atoms with van der Waals surface area (Å²) in [5, 5.41) is 3.70. The van der Waals surface area contributed by atoms with E-state index in [0.29, 0.717) is 0 Å². The van der Waals surface area contributed by atoms with Crippen LogP contribution in [0.4, 0.5) is 0 Å². The minimum atomic E-state index is 0. The average molecular weight is 374 g/mol. The maximum absolute atomic E-state index is 4.41. The van der Waals surface area contributed by atoms with Crippen LogP contribution in [0.15, 0.2) is 54.7 Å². The van der Waals surface area contributed by atoms with E-state index in [1.165, 1.54) is 16.2 Å². The molecule has 0 aliphatic carbocycles. The van der Waals surface area contributed by atoms with Crippen molar-refractivity contribution in [2.24, 2.45) is 0 Å². The molecule has 0 saturated carbocycles. The number of nitrogens with zero attached hydrogens (tertiary/aromatic N) is 1. The Morgan fingerprint density at radius 2 is 1.40 bits per heavy atom. The molecule has 0 amide bonds. The van der Waals surface area contributed by atoms with Gasteiger partial charge in [-0.1, -0.05) is 42.5 Å². The first-order valence-electron chi connectivity index (χ1n) is 4.68. The first kappa shape index (κ1) is 10.3. The van der Waals surface area contributed by atoms with Gasteiger partial charge in [-0.25, -0.2) is 0 Å². The van der Waals surface area contributed by atoms with Crippen LogP contribution in [0.3, 0.4) is 0 Å². The first-order chi connectivity index (χ1) is 6.95. The number of para-hydroxylation sites is 1. The second-order valence-corrected chi connectivity index (χ2v) is 3.36. The largest absolute Gasteiger partial charge is 0.256 e. The number of hydrogen-bond acceptors (Lipinski definition) is 1. The molecule has 1 aromatic heterocycles. The number of hydrogen-bond donors (Lipinski definition) is 0. The van der Waals surface area contributed by atoms with Crippen LogP contribution >= 0.6 is 0 Å². The first-order valence-corrected chi connectivity index (χ1v) is 4.68. The predicted octanol–water partition coefficient (Wildman–Crippen LogP) is 3.39. The van der Waals surface area contributed by atoms with Crippen molar-refractivity contribution in [2.45, 2.75) is 0 Å². The molecule has 1 nitrogen and oxygen atoms in total. The third kappa shape index (κ3) is 1.68. The molecular formula is C13H9NPt. The van der Waals surface area contributed by atoms with Crippen molar-refractivity contribution in [3.63, 3.8) is 0 Å². The van der Waals surface area contributed by atoms with Gasteiger partial charge in [0.1, 0.15) is 0 Å². The van der Waals surface area contributed by atoms with E-state index in [1.54, 1.807) is 0 Å². The zero-order chi connectivity index (χ0) is 9.38. The van der Waals surface area contributed by atoms with Gasteiger partial charge in [0.15, 0.2) is 0 Å². The van der Waals surface area contributed by atoms with Crippen molar-refractivity contribution in [3.05, 3.63) is 54.7 Å². The maximum atomic E-state index is 4.41. The number of benzene rings is 2. The molecule has 0 aliphatic rings. The zero-order valence-corrected chi connectivity index (χ0v) is 10.2. The molecule has 1 heterocycles. The standard InChI is InChI=1S/C13H9N.Pt/c1-2-6-11-10(5-1)9-14-13-8-4-3-7-12(11)13;/h1-9H;. The molecule has 0 fully saturated rings. The Kier molecular flexibility index (Phi) is 2.83. The summed E-state index contributed by atoms with van der Waals surface area (Å²) in [4.78, 5) is 4.41. The van der Waals surface area contributed by atoms with E-state index in [4.69, 9.17) is 0 Å². The van der Waals surface area contributed by atoms with E-state index in [1.807, 2.05) is 24.4 Å². The fourth-order valence-corrected chi connectivity index (χ4v) is 1.81. The molecule has 0 atom stereocenters. The summed E-state index contributed by atoms with van der Waals surface area (Å²) in [6.07, 6.45) is 1.93. The zero-order valence-electron chi connectivity index (χ0n) is 7.96. The summed E-state index contributed by atoms with van der Waals surface area (Å²) >= 11 is 0. The van der Waals surface area contributed by atoms with Gasteiger partial charge >= 0.3 is 0 Å². The third-order valence-corrected chi connectivity index (χ3v) is 2.50. The molecule has 0 spiro atoms. The van der Waals surface area contributed by atoms with Crippen molar-refractivity contribution in [1.82, 2.24) is 4.98 Å². The molecule has 76 valence electrons. The van der Waals surface area contributed by atoms with Crippen LogP contribution in [0.25, 0.3) is 21.7 Å². The SMILES string of the molecule is [Pt].c1ccc2c(c1)cnc1ccccc12. The van der Waals surface area contributed by atoms with Gasteiger partial charge in [0.05, 0.1) is 5.52 Å². The number of aromatic nitrogens is 1.